The van der Waals surface area contributed by atoms with Gasteiger partial charge in [0.15, 0.2) is 0 Å². The minimum atomic E-state index is -0.483. The van der Waals surface area contributed by atoms with Gasteiger partial charge in [-0.25, -0.2) is 0 Å². The number of carbonyl (C=O) groups is 1. The minimum Gasteiger partial charge on any atom is -0.384 e. The van der Waals surface area contributed by atoms with Gasteiger partial charge in [-0.15, -0.1) is 0 Å². The van der Waals surface area contributed by atoms with E-state index in [1.807, 2.05) is 20.8 Å². The second-order valence-corrected chi connectivity index (χ2v) is 5.49. The molecule has 0 spiro atoms. The van der Waals surface area contributed by atoms with Crippen molar-refractivity contribution >= 4 is 17.3 Å². The molecule has 0 saturated heterocycles. The van der Waals surface area contributed by atoms with Gasteiger partial charge in [0.25, 0.3) is 11.6 Å². The number of non-ortho nitro benzene ring substituents is 1. The number of anilines is 1. The third-order valence-electron chi connectivity index (χ3n) is 3.00. The third kappa shape index (κ3) is 4.73. The fourth-order valence-corrected chi connectivity index (χ4v) is 2.07. The van der Waals surface area contributed by atoms with Gasteiger partial charge in [0.05, 0.1) is 10.5 Å². The molecule has 0 saturated carbocycles. The number of amides is 1. The summed E-state index contributed by atoms with van der Waals surface area (Å²) in [4.78, 5) is 24.5. The molecule has 1 aromatic carbocycles. The molecule has 0 aliphatic rings. The summed E-state index contributed by atoms with van der Waals surface area (Å²) in [5.41, 5.74) is 0.919. The smallest absolute Gasteiger partial charge is 0.270 e. The van der Waals surface area contributed by atoms with Crippen molar-refractivity contribution in [2.45, 2.75) is 27.2 Å². The van der Waals surface area contributed by atoms with E-state index in [9.17, 15) is 14.9 Å². The molecule has 6 nitrogen and oxygen atoms in total. The fraction of sp³-hybridized carbons (Fsp3) is 0.533. The predicted molar refractivity (Wildman–Crippen MR) is 83.7 cm³/mol. The van der Waals surface area contributed by atoms with Crippen LogP contribution in [-0.4, -0.2) is 35.9 Å². The third-order valence-corrected chi connectivity index (χ3v) is 3.00. The van der Waals surface area contributed by atoms with Gasteiger partial charge in [-0.3, -0.25) is 14.9 Å². The van der Waals surface area contributed by atoms with Crippen LogP contribution < -0.4 is 5.32 Å². The quantitative estimate of drug-likeness (QED) is 0.619. The summed E-state index contributed by atoms with van der Waals surface area (Å²) in [6.45, 7) is 7.38. The number of nitrogens with zero attached hydrogens (tertiary/aromatic N) is 2. The summed E-state index contributed by atoms with van der Waals surface area (Å²) in [6.07, 6.45) is 0.909. The van der Waals surface area contributed by atoms with Crippen LogP contribution in [0.15, 0.2) is 18.2 Å². The van der Waals surface area contributed by atoms with Crippen LogP contribution in [0.5, 0.6) is 0 Å². The second kappa shape index (κ2) is 7.61. The van der Waals surface area contributed by atoms with E-state index in [2.05, 4.69) is 5.32 Å². The molecule has 0 aliphatic heterocycles. The Hall–Kier alpha value is -2.11. The van der Waals surface area contributed by atoms with Gasteiger partial charge in [-0.2, -0.15) is 0 Å². The number of nitro benzene ring substituents is 1. The Bertz CT molecular complexity index is 515. The van der Waals surface area contributed by atoms with E-state index in [-0.39, 0.29) is 11.6 Å². The molecule has 0 bridgehead atoms. The molecule has 0 aromatic heterocycles. The summed E-state index contributed by atoms with van der Waals surface area (Å²) in [7, 11) is 1.71. The van der Waals surface area contributed by atoms with Gasteiger partial charge in [0.2, 0.25) is 0 Å². The number of rotatable bonds is 7. The predicted octanol–water partition coefficient (Wildman–Crippen LogP) is 3.14. The Labute approximate surface area is 125 Å². The highest BCUT2D eigenvalue weighted by molar-refractivity contribution is 6.00. The molecule has 0 fully saturated rings. The molecule has 0 radical (unpaired) electrons. The number of carbonyl (C=O) groups excluding carboxylic acids is 1. The van der Waals surface area contributed by atoms with E-state index in [4.69, 9.17) is 0 Å². The maximum Gasteiger partial charge on any atom is 0.270 e. The van der Waals surface area contributed by atoms with E-state index in [1.165, 1.54) is 12.1 Å². The van der Waals surface area contributed by atoms with Gasteiger partial charge in [-0.05, 0) is 18.4 Å². The van der Waals surface area contributed by atoms with E-state index >= 15 is 0 Å². The Kier molecular flexibility index (Phi) is 6.14. The Morgan fingerprint density at radius 2 is 2.10 bits per heavy atom. The molecule has 1 N–H and O–H groups in total. The SMILES string of the molecule is CCCNc1ccc([N+](=O)[O-])cc1C(=O)N(C)CC(C)C. The Morgan fingerprint density at radius 1 is 1.43 bits per heavy atom. The van der Waals surface area contributed by atoms with Crippen LogP contribution in [0.25, 0.3) is 0 Å². The van der Waals surface area contributed by atoms with Crippen molar-refractivity contribution in [1.29, 1.82) is 0 Å². The minimum absolute atomic E-state index is 0.0710. The average Bonchev–Trinajstić information content (AvgIpc) is 2.43. The lowest BCUT2D eigenvalue weighted by atomic mass is 10.1. The monoisotopic (exact) mass is 293 g/mol. The first-order chi connectivity index (χ1) is 9.86. The Balaban J connectivity index is 3.12. The fourth-order valence-electron chi connectivity index (χ4n) is 2.07. The van der Waals surface area contributed by atoms with Crippen molar-refractivity contribution < 1.29 is 9.72 Å². The standard InChI is InChI=1S/C15H23N3O3/c1-5-8-16-14-7-6-12(18(20)21)9-13(14)15(19)17(4)10-11(2)3/h6-7,9,11,16H,5,8,10H2,1-4H3. The first kappa shape index (κ1) is 16.9. The number of hydrogen-bond donors (Lipinski definition) is 1. The molecule has 116 valence electrons. The van der Waals surface area contributed by atoms with E-state index < -0.39 is 4.92 Å². The van der Waals surface area contributed by atoms with E-state index in [0.717, 1.165) is 6.42 Å². The van der Waals surface area contributed by atoms with Crippen LogP contribution in [0.2, 0.25) is 0 Å². The first-order valence-corrected chi connectivity index (χ1v) is 7.14. The first-order valence-electron chi connectivity index (χ1n) is 7.14. The lowest BCUT2D eigenvalue weighted by Crippen LogP contribution is -2.31. The highest BCUT2D eigenvalue weighted by Crippen LogP contribution is 2.23. The largest absolute Gasteiger partial charge is 0.384 e. The highest BCUT2D eigenvalue weighted by Gasteiger charge is 2.20. The van der Waals surface area contributed by atoms with Gasteiger partial charge in [-0.1, -0.05) is 20.8 Å². The average molecular weight is 293 g/mol. The molecule has 1 rings (SSSR count). The maximum absolute atomic E-state index is 12.5. The summed E-state index contributed by atoms with van der Waals surface area (Å²) in [6, 6.07) is 4.36. The number of benzene rings is 1. The van der Waals surface area contributed by atoms with Crippen LogP contribution in [-0.2, 0) is 0 Å². The molecular formula is C15H23N3O3. The van der Waals surface area contributed by atoms with Crippen LogP contribution in [0, 0.1) is 16.0 Å². The molecule has 1 amide bonds. The molecule has 1 aromatic rings. The van der Waals surface area contributed by atoms with Crippen LogP contribution in [0.3, 0.4) is 0 Å². The van der Waals surface area contributed by atoms with Crippen LogP contribution in [0.4, 0.5) is 11.4 Å². The lowest BCUT2D eigenvalue weighted by molar-refractivity contribution is -0.384. The van der Waals surface area contributed by atoms with Crippen molar-refractivity contribution in [2.75, 3.05) is 25.5 Å². The van der Waals surface area contributed by atoms with Gasteiger partial charge >= 0.3 is 0 Å². The van der Waals surface area contributed by atoms with Gasteiger partial charge in [0.1, 0.15) is 0 Å². The van der Waals surface area contributed by atoms with Crippen LogP contribution in [0.1, 0.15) is 37.6 Å². The summed E-state index contributed by atoms with van der Waals surface area (Å²) < 4.78 is 0. The van der Waals surface area contributed by atoms with E-state index in [0.29, 0.717) is 30.3 Å². The molecule has 6 heteroatoms. The second-order valence-electron chi connectivity index (χ2n) is 5.49. The zero-order valence-corrected chi connectivity index (χ0v) is 13.0. The van der Waals surface area contributed by atoms with Gasteiger partial charge < -0.3 is 10.2 Å². The normalized spacial score (nSPS) is 10.5. The molecule has 21 heavy (non-hydrogen) atoms. The van der Waals surface area contributed by atoms with Crippen molar-refractivity contribution in [3.05, 3.63) is 33.9 Å². The topological polar surface area (TPSA) is 75.5 Å². The molecule has 0 unspecified atom stereocenters. The van der Waals surface area contributed by atoms with E-state index in [1.54, 1.807) is 18.0 Å². The molecular weight excluding hydrogens is 270 g/mol. The Morgan fingerprint density at radius 3 is 2.62 bits per heavy atom. The number of nitro groups is 1. The highest BCUT2D eigenvalue weighted by atomic mass is 16.6. The zero-order valence-electron chi connectivity index (χ0n) is 13.0. The van der Waals surface area contributed by atoms with Gasteiger partial charge in [0, 0.05) is 38.0 Å². The molecule has 0 atom stereocenters. The number of hydrogen-bond acceptors (Lipinski definition) is 4. The summed E-state index contributed by atoms with van der Waals surface area (Å²) in [5, 5.41) is 14.1. The molecule has 0 aliphatic carbocycles. The van der Waals surface area contributed by atoms with Crippen molar-refractivity contribution in [3.63, 3.8) is 0 Å². The van der Waals surface area contributed by atoms with Crippen molar-refractivity contribution in [1.82, 2.24) is 4.90 Å². The zero-order chi connectivity index (χ0) is 16.0. The molecule has 0 heterocycles. The number of nitrogens with one attached hydrogen (secondary N) is 1. The van der Waals surface area contributed by atoms with Crippen molar-refractivity contribution in [2.24, 2.45) is 5.92 Å². The lowest BCUT2D eigenvalue weighted by Gasteiger charge is -2.21. The summed E-state index contributed by atoms with van der Waals surface area (Å²) >= 11 is 0. The summed E-state index contributed by atoms with van der Waals surface area (Å²) in [5.74, 6) is 0.135. The van der Waals surface area contributed by atoms with Crippen LogP contribution >= 0.6 is 0 Å². The van der Waals surface area contributed by atoms with Crippen molar-refractivity contribution in [3.8, 4) is 0 Å². The maximum atomic E-state index is 12.5.